The predicted molar refractivity (Wildman–Crippen MR) is 119 cm³/mol. The second kappa shape index (κ2) is 8.95. The lowest BCUT2D eigenvalue weighted by Crippen LogP contribution is -2.55. The van der Waals surface area contributed by atoms with Crippen LogP contribution in [-0.2, 0) is 15.7 Å². The van der Waals surface area contributed by atoms with Gasteiger partial charge in [0.2, 0.25) is 5.72 Å². The Balaban J connectivity index is 1.90. The molecule has 34 heavy (non-hydrogen) atoms. The van der Waals surface area contributed by atoms with Gasteiger partial charge in [-0.25, -0.2) is 4.79 Å². The topological polar surface area (TPSA) is 66.8 Å². The highest BCUT2D eigenvalue weighted by Gasteiger charge is 2.59. The number of hydrogen-bond donors (Lipinski definition) is 1. The zero-order valence-corrected chi connectivity index (χ0v) is 18.2. The van der Waals surface area contributed by atoms with E-state index in [1.165, 1.54) is 4.90 Å². The molecule has 3 aromatic rings. The van der Waals surface area contributed by atoms with Crippen molar-refractivity contribution >= 4 is 17.4 Å². The summed E-state index contributed by atoms with van der Waals surface area (Å²) < 4.78 is 44.3. The van der Waals surface area contributed by atoms with E-state index in [0.717, 1.165) is 31.4 Å². The molecule has 0 radical (unpaired) electrons. The van der Waals surface area contributed by atoms with E-state index in [9.17, 15) is 27.9 Å². The van der Waals surface area contributed by atoms with Crippen molar-refractivity contribution in [2.75, 3.05) is 12.0 Å². The highest BCUT2D eigenvalue weighted by atomic mass is 19.4. The standard InChI is InChI=1S/C26H22F3NO4/c1-34-24(32)25(33)16-21(17-8-4-2-5-9-17)22(23(31)18-10-6-3-7-11-18)30(25)20-14-12-19(13-15-20)26(27,28)29/h2-15,21-22,33H,16H2,1H3/t21-,22+,25-/m0/s1. The van der Waals surface area contributed by atoms with Crippen LogP contribution in [0.1, 0.15) is 33.8 Å². The van der Waals surface area contributed by atoms with Crippen molar-refractivity contribution in [1.82, 2.24) is 0 Å². The molecule has 3 aromatic carbocycles. The number of nitrogens with zero attached hydrogens (tertiary/aromatic N) is 1. The van der Waals surface area contributed by atoms with Crippen LogP contribution in [0.2, 0.25) is 0 Å². The molecule has 1 fully saturated rings. The van der Waals surface area contributed by atoms with Crippen molar-refractivity contribution in [1.29, 1.82) is 0 Å². The average molecular weight is 469 g/mol. The number of carbonyl (C=O) groups excluding carboxylic acids is 2. The summed E-state index contributed by atoms with van der Waals surface area (Å²) in [6.45, 7) is 0. The van der Waals surface area contributed by atoms with Gasteiger partial charge in [-0.2, -0.15) is 13.2 Å². The highest BCUT2D eigenvalue weighted by Crippen LogP contribution is 2.47. The summed E-state index contributed by atoms with van der Waals surface area (Å²) >= 11 is 0. The summed E-state index contributed by atoms with van der Waals surface area (Å²) in [4.78, 5) is 27.8. The van der Waals surface area contributed by atoms with Gasteiger partial charge in [0.25, 0.3) is 0 Å². The van der Waals surface area contributed by atoms with E-state index in [1.54, 1.807) is 60.7 Å². The van der Waals surface area contributed by atoms with Crippen LogP contribution in [0.15, 0.2) is 84.9 Å². The number of aliphatic hydroxyl groups is 1. The minimum absolute atomic E-state index is 0.0913. The van der Waals surface area contributed by atoms with Crippen LogP contribution < -0.4 is 4.90 Å². The fraction of sp³-hybridized carbons (Fsp3) is 0.231. The normalized spacial score (nSPS) is 22.4. The zero-order valence-electron chi connectivity index (χ0n) is 18.2. The largest absolute Gasteiger partial charge is 0.465 e. The number of halogens is 3. The molecule has 176 valence electrons. The number of rotatable bonds is 5. The minimum Gasteiger partial charge on any atom is -0.465 e. The molecule has 4 rings (SSSR count). The van der Waals surface area contributed by atoms with Crippen LogP contribution in [-0.4, -0.2) is 35.7 Å². The van der Waals surface area contributed by atoms with Gasteiger partial charge >= 0.3 is 12.1 Å². The number of hydrogen-bond acceptors (Lipinski definition) is 5. The van der Waals surface area contributed by atoms with Crippen LogP contribution in [0.4, 0.5) is 18.9 Å². The van der Waals surface area contributed by atoms with Gasteiger partial charge in [0.15, 0.2) is 5.78 Å². The summed E-state index contributed by atoms with van der Waals surface area (Å²) in [6.07, 6.45) is -4.75. The van der Waals surface area contributed by atoms with Gasteiger partial charge in [0, 0.05) is 23.6 Å². The quantitative estimate of drug-likeness (QED) is 0.429. The summed E-state index contributed by atoms with van der Waals surface area (Å²) in [5.74, 6) is -2.02. The fourth-order valence-electron chi connectivity index (χ4n) is 4.53. The molecule has 1 saturated heterocycles. The van der Waals surface area contributed by atoms with Gasteiger partial charge in [-0.1, -0.05) is 60.7 Å². The molecule has 0 amide bonds. The van der Waals surface area contributed by atoms with E-state index in [4.69, 9.17) is 4.74 Å². The van der Waals surface area contributed by atoms with E-state index in [1.807, 2.05) is 0 Å². The zero-order chi connectivity index (χ0) is 24.5. The molecule has 0 bridgehead atoms. The van der Waals surface area contributed by atoms with Crippen LogP contribution in [0, 0.1) is 0 Å². The van der Waals surface area contributed by atoms with Crippen LogP contribution in [0.3, 0.4) is 0 Å². The van der Waals surface area contributed by atoms with Crippen LogP contribution in [0.25, 0.3) is 0 Å². The maximum absolute atomic E-state index is 13.8. The molecule has 1 aliphatic rings. The molecule has 8 heteroatoms. The monoisotopic (exact) mass is 469 g/mol. The molecule has 0 aliphatic carbocycles. The van der Waals surface area contributed by atoms with Gasteiger partial charge in [-0.05, 0) is 29.8 Å². The van der Waals surface area contributed by atoms with E-state index >= 15 is 0 Å². The maximum Gasteiger partial charge on any atom is 0.416 e. The molecular weight excluding hydrogens is 447 g/mol. The first-order chi connectivity index (χ1) is 16.2. The third-order valence-corrected chi connectivity index (χ3v) is 6.10. The molecule has 1 heterocycles. The second-order valence-corrected chi connectivity index (χ2v) is 8.12. The molecular formula is C26H22F3NO4. The molecule has 1 N–H and O–H groups in total. The number of alkyl halides is 3. The van der Waals surface area contributed by atoms with Crippen molar-refractivity contribution in [2.24, 2.45) is 0 Å². The Morgan fingerprint density at radius 2 is 1.50 bits per heavy atom. The number of benzene rings is 3. The lowest BCUT2D eigenvalue weighted by molar-refractivity contribution is -0.161. The molecule has 5 nitrogen and oxygen atoms in total. The van der Waals surface area contributed by atoms with Gasteiger partial charge in [-0.3, -0.25) is 4.79 Å². The number of Topliss-reactive ketones (excluding diaryl/α,β-unsaturated/α-hetero) is 1. The second-order valence-electron chi connectivity index (χ2n) is 8.12. The molecule has 3 atom stereocenters. The third-order valence-electron chi connectivity index (χ3n) is 6.10. The van der Waals surface area contributed by atoms with Gasteiger partial charge < -0.3 is 14.7 Å². The summed E-state index contributed by atoms with van der Waals surface area (Å²) in [6, 6.07) is 20.2. The number of ketones is 1. The number of carbonyl (C=O) groups is 2. The Kier molecular flexibility index (Phi) is 6.18. The third kappa shape index (κ3) is 4.17. The molecule has 0 saturated carbocycles. The lowest BCUT2D eigenvalue weighted by atomic mass is 9.86. The van der Waals surface area contributed by atoms with Crippen molar-refractivity contribution in [3.63, 3.8) is 0 Å². The van der Waals surface area contributed by atoms with E-state index in [-0.39, 0.29) is 17.9 Å². The smallest absolute Gasteiger partial charge is 0.416 e. The van der Waals surface area contributed by atoms with Gasteiger partial charge in [-0.15, -0.1) is 0 Å². The highest BCUT2D eigenvalue weighted by molar-refractivity contribution is 6.05. The number of ether oxygens (including phenoxy) is 1. The van der Waals surface area contributed by atoms with E-state index < -0.39 is 35.4 Å². The summed E-state index contributed by atoms with van der Waals surface area (Å²) in [5, 5.41) is 11.6. The van der Waals surface area contributed by atoms with Crippen molar-refractivity contribution in [3.8, 4) is 0 Å². The minimum atomic E-state index is -4.56. The lowest BCUT2D eigenvalue weighted by Gasteiger charge is -2.36. The Morgan fingerprint density at radius 1 is 0.941 bits per heavy atom. The Hall–Kier alpha value is -3.65. The summed E-state index contributed by atoms with van der Waals surface area (Å²) in [5.41, 5.74) is -2.02. The van der Waals surface area contributed by atoms with Crippen LogP contribution in [0.5, 0.6) is 0 Å². The Labute approximate surface area is 194 Å². The predicted octanol–water partition coefficient (Wildman–Crippen LogP) is 4.81. The van der Waals surface area contributed by atoms with E-state index in [0.29, 0.717) is 11.1 Å². The van der Waals surface area contributed by atoms with Crippen molar-refractivity contribution < 1.29 is 32.6 Å². The van der Waals surface area contributed by atoms with Crippen molar-refractivity contribution in [3.05, 3.63) is 102 Å². The maximum atomic E-state index is 13.8. The van der Waals surface area contributed by atoms with E-state index in [2.05, 4.69) is 0 Å². The number of methoxy groups -OCH3 is 1. The molecule has 1 aliphatic heterocycles. The molecule has 0 unspecified atom stereocenters. The Morgan fingerprint density at radius 3 is 2.03 bits per heavy atom. The number of anilines is 1. The number of esters is 1. The molecule has 0 spiro atoms. The first-order valence-corrected chi connectivity index (χ1v) is 10.6. The SMILES string of the molecule is COC(=O)[C@@]1(O)C[C@@H](c2ccccc2)[C@H](C(=O)c2ccccc2)N1c1ccc(C(F)(F)F)cc1. The molecule has 0 aromatic heterocycles. The fourth-order valence-corrected chi connectivity index (χ4v) is 4.53. The first-order valence-electron chi connectivity index (χ1n) is 10.6. The average Bonchev–Trinajstić information content (AvgIpc) is 3.18. The Bertz CT molecular complexity index is 1170. The van der Waals surface area contributed by atoms with Crippen molar-refractivity contribution in [2.45, 2.75) is 30.3 Å². The van der Waals surface area contributed by atoms with Crippen LogP contribution >= 0.6 is 0 Å². The van der Waals surface area contributed by atoms with Gasteiger partial charge in [0.1, 0.15) is 6.04 Å². The van der Waals surface area contributed by atoms with Gasteiger partial charge in [0.05, 0.1) is 12.7 Å². The first kappa shape index (κ1) is 23.5. The summed E-state index contributed by atoms with van der Waals surface area (Å²) in [7, 11) is 1.11.